The van der Waals surface area contributed by atoms with E-state index in [2.05, 4.69) is 11.4 Å². The van der Waals surface area contributed by atoms with Gasteiger partial charge in [0.2, 0.25) is 5.75 Å². The largest absolute Gasteiger partial charge is 0.493 e. The fourth-order valence-electron chi connectivity index (χ4n) is 4.56. The topological polar surface area (TPSA) is 75.3 Å². The Morgan fingerprint density at radius 3 is 2.03 bits per heavy atom. The van der Waals surface area contributed by atoms with Crippen LogP contribution in [0.25, 0.3) is 0 Å². The van der Waals surface area contributed by atoms with Gasteiger partial charge in [-0.2, -0.15) is 0 Å². The molecular formula is C27H37NO6. The monoisotopic (exact) mass is 471 g/mol. The summed E-state index contributed by atoms with van der Waals surface area (Å²) in [5, 5.41) is 3.28. The zero-order valence-electron chi connectivity index (χ0n) is 20.9. The van der Waals surface area contributed by atoms with Crippen LogP contribution >= 0.6 is 0 Å². The molecule has 2 aromatic rings. The van der Waals surface area contributed by atoms with Crippen LogP contribution in [-0.4, -0.2) is 46.0 Å². The Balaban J connectivity index is 1.88. The molecule has 0 radical (unpaired) electrons. The average Bonchev–Trinajstić information content (AvgIpc) is 2.86. The van der Waals surface area contributed by atoms with E-state index in [-0.39, 0.29) is 17.9 Å². The number of amides is 1. The molecule has 0 bridgehead atoms. The van der Waals surface area contributed by atoms with E-state index in [0.29, 0.717) is 54.1 Å². The number of rotatable bonds is 11. The summed E-state index contributed by atoms with van der Waals surface area (Å²) in [5.41, 5.74) is 1.63. The van der Waals surface area contributed by atoms with Crippen molar-refractivity contribution in [3.63, 3.8) is 0 Å². The second-order valence-corrected chi connectivity index (χ2v) is 8.19. The van der Waals surface area contributed by atoms with Gasteiger partial charge in [-0.15, -0.1) is 0 Å². The van der Waals surface area contributed by atoms with Crippen LogP contribution in [-0.2, 0) is 0 Å². The summed E-state index contributed by atoms with van der Waals surface area (Å²) >= 11 is 0. The normalized spacial score (nSPS) is 17.6. The minimum absolute atomic E-state index is 0.0111. The number of hydrogen-bond donors (Lipinski definition) is 1. The van der Waals surface area contributed by atoms with Crippen molar-refractivity contribution in [2.24, 2.45) is 0 Å². The van der Waals surface area contributed by atoms with Crippen molar-refractivity contribution >= 4 is 5.91 Å². The molecular weight excluding hydrogens is 434 g/mol. The Bertz CT molecular complexity index is 933. The molecule has 3 rings (SSSR count). The number of methoxy groups -OCH3 is 2. The minimum atomic E-state index is -0.151. The van der Waals surface area contributed by atoms with Crippen LogP contribution in [0.5, 0.6) is 28.7 Å². The van der Waals surface area contributed by atoms with E-state index in [1.165, 1.54) is 0 Å². The van der Waals surface area contributed by atoms with Gasteiger partial charge in [0.1, 0.15) is 0 Å². The molecule has 1 aliphatic rings. The van der Waals surface area contributed by atoms with E-state index < -0.39 is 0 Å². The summed E-state index contributed by atoms with van der Waals surface area (Å²) < 4.78 is 28.2. The molecule has 7 heteroatoms. The Kier molecular flexibility index (Phi) is 9.31. The molecule has 0 saturated heterocycles. The van der Waals surface area contributed by atoms with Crippen molar-refractivity contribution in [3.05, 3.63) is 41.5 Å². The lowest BCUT2D eigenvalue weighted by atomic mass is 9.79. The zero-order valence-corrected chi connectivity index (χ0v) is 20.9. The van der Waals surface area contributed by atoms with Crippen molar-refractivity contribution in [1.82, 2.24) is 5.32 Å². The van der Waals surface area contributed by atoms with E-state index >= 15 is 0 Å². The first-order valence-electron chi connectivity index (χ1n) is 12.1. The van der Waals surface area contributed by atoms with Crippen LogP contribution in [0.15, 0.2) is 30.3 Å². The summed E-state index contributed by atoms with van der Waals surface area (Å²) in [6.45, 7) is 7.10. The highest BCUT2D eigenvalue weighted by atomic mass is 16.5. The van der Waals surface area contributed by atoms with Gasteiger partial charge < -0.3 is 29.0 Å². The Labute approximate surface area is 202 Å². The van der Waals surface area contributed by atoms with Crippen molar-refractivity contribution < 1.29 is 28.5 Å². The molecule has 1 fully saturated rings. The van der Waals surface area contributed by atoms with Gasteiger partial charge in [0, 0.05) is 17.5 Å². The van der Waals surface area contributed by atoms with E-state index in [0.717, 1.165) is 31.2 Å². The van der Waals surface area contributed by atoms with Crippen LogP contribution in [0.1, 0.15) is 68.3 Å². The van der Waals surface area contributed by atoms with E-state index in [1.807, 2.05) is 32.9 Å². The minimum Gasteiger partial charge on any atom is -0.493 e. The number of nitrogens with one attached hydrogen (secondary N) is 1. The lowest BCUT2D eigenvalue weighted by Crippen LogP contribution is -2.41. The van der Waals surface area contributed by atoms with E-state index in [9.17, 15) is 4.79 Å². The lowest BCUT2D eigenvalue weighted by Gasteiger charge is -2.33. The highest BCUT2D eigenvalue weighted by Crippen LogP contribution is 2.40. The molecule has 34 heavy (non-hydrogen) atoms. The summed E-state index contributed by atoms with van der Waals surface area (Å²) in [5.74, 6) is 3.00. The predicted octanol–water partition coefficient (Wildman–Crippen LogP) is 5.36. The first-order valence-corrected chi connectivity index (χ1v) is 12.1. The number of hydrogen-bond acceptors (Lipinski definition) is 6. The van der Waals surface area contributed by atoms with E-state index in [4.69, 9.17) is 23.7 Å². The van der Waals surface area contributed by atoms with Gasteiger partial charge in [-0.1, -0.05) is 18.9 Å². The Hall–Kier alpha value is -3.09. The van der Waals surface area contributed by atoms with Crippen molar-refractivity contribution in [3.8, 4) is 28.7 Å². The van der Waals surface area contributed by atoms with E-state index in [1.54, 1.807) is 26.4 Å². The number of ether oxygens (including phenoxy) is 5. The molecule has 0 heterocycles. The summed E-state index contributed by atoms with van der Waals surface area (Å²) in [6, 6.07) is 9.49. The van der Waals surface area contributed by atoms with Crippen molar-refractivity contribution in [1.29, 1.82) is 0 Å². The maximum absolute atomic E-state index is 13.4. The first kappa shape index (κ1) is 25.5. The third kappa shape index (κ3) is 5.88. The smallest absolute Gasteiger partial charge is 0.251 e. The first-order chi connectivity index (χ1) is 16.6. The fourth-order valence-corrected chi connectivity index (χ4v) is 4.56. The maximum Gasteiger partial charge on any atom is 0.251 e. The summed E-state index contributed by atoms with van der Waals surface area (Å²) in [4.78, 5) is 13.4. The second-order valence-electron chi connectivity index (χ2n) is 8.19. The molecule has 2 unspecified atom stereocenters. The molecule has 186 valence electrons. The number of carbonyl (C=O) groups excluding carboxylic acids is 1. The third-order valence-electron chi connectivity index (χ3n) is 6.09. The molecule has 1 aliphatic carbocycles. The van der Waals surface area contributed by atoms with Crippen LogP contribution in [0.2, 0.25) is 0 Å². The van der Waals surface area contributed by atoms with Gasteiger partial charge in [0.25, 0.3) is 5.91 Å². The fraction of sp³-hybridized carbons (Fsp3) is 0.519. The highest BCUT2D eigenvalue weighted by molar-refractivity contribution is 5.96. The van der Waals surface area contributed by atoms with Gasteiger partial charge in [-0.05, 0) is 63.4 Å². The van der Waals surface area contributed by atoms with Crippen molar-refractivity contribution in [2.75, 3.05) is 34.0 Å². The number of benzene rings is 2. The molecule has 0 aliphatic heterocycles. The van der Waals surface area contributed by atoms with Gasteiger partial charge in [-0.3, -0.25) is 4.79 Å². The molecule has 1 saturated carbocycles. The van der Waals surface area contributed by atoms with Gasteiger partial charge in [-0.25, -0.2) is 0 Å². The molecule has 7 nitrogen and oxygen atoms in total. The van der Waals surface area contributed by atoms with Crippen LogP contribution in [0, 0.1) is 0 Å². The summed E-state index contributed by atoms with van der Waals surface area (Å²) in [6.07, 6.45) is 4.11. The third-order valence-corrected chi connectivity index (χ3v) is 6.09. The van der Waals surface area contributed by atoms with Crippen LogP contribution in [0.4, 0.5) is 0 Å². The van der Waals surface area contributed by atoms with Crippen molar-refractivity contribution in [2.45, 2.75) is 58.4 Å². The molecule has 2 aromatic carbocycles. The lowest BCUT2D eigenvalue weighted by molar-refractivity contribution is 0.0919. The van der Waals surface area contributed by atoms with Gasteiger partial charge in [0.05, 0.1) is 34.0 Å². The van der Waals surface area contributed by atoms with Gasteiger partial charge >= 0.3 is 0 Å². The van der Waals surface area contributed by atoms with Gasteiger partial charge in [0.15, 0.2) is 23.0 Å². The molecule has 0 aromatic heterocycles. The molecule has 1 N–H and O–H groups in total. The van der Waals surface area contributed by atoms with Crippen LogP contribution < -0.4 is 29.0 Å². The summed E-state index contributed by atoms with van der Waals surface area (Å²) in [7, 11) is 3.27. The second kappa shape index (κ2) is 12.4. The highest BCUT2D eigenvalue weighted by Gasteiger charge is 2.29. The molecule has 0 spiro atoms. The predicted molar refractivity (Wildman–Crippen MR) is 132 cm³/mol. The Morgan fingerprint density at radius 2 is 1.44 bits per heavy atom. The Morgan fingerprint density at radius 1 is 0.824 bits per heavy atom. The molecule has 1 amide bonds. The quantitative estimate of drug-likeness (QED) is 0.476. The van der Waals surface area contributed by atoms with Crippen LogP contribution in [0.3, 0.4) is 0 Å². The number of carbonyl (C=O) groups is 1. The average molecular weight is 472 g/mol. The maximum atomic E-state index is 13.4. The standard InChI is InChI=1S/C27H37NO6/c1-6-32-24-16-19(17-25(33-7-2)26(24)34-8-3)27(29)28-21-12-10-9-11-20(21)18-13-14-22(30-4)23(15-18)31-5/h13-17,20-21H,6-12H2,1-5H3,(H,28,29). The SMILES string of the molecule is CCOc1cc(C(=O)NC2CCCCC2c2ccc(OC)c(OC)c2)cc(OCC)c1OCC. The zero-order chi connectivity index (χ0) is 24.5. The molecule has 2 atom stereocenters.